The first-order chi connectivity index (χ1) is 15.1. The van der Waals surface area contributed by atoms with Gasteiger partial charge in [-0.2, -0.15) is 0 Å². The summed E-state index contributed by atoms with van der Waals surface area (Å²) in [5, 5.41) is 0. The molecule has 0 aliphatic rings. The monoisotopic (exact) mass is 406 g/mol. The third kappa shape index (κ3) is 3.43. The number of imidazole rings is 1. The van der Waals surface area contributed by atoms with E-state index < -0.39 is 0 Å². The van der Waals surface area contributed by atoms with E-state index in [1.54, 1.807) is 6.20 Å². The Bertz CT molecular complexity index is 1350. The fraction of sp³-hybridized carbons (Fsp3) is 0.0800. The number of rotatable bonds is 4. The lowest BCUT2D eigenvalue weighted by molar-refractivity contribution is 0.817. The minimum atomic E-state index is -0.0372. The summed E-state index contributed by atoms with van der Waals surface area (Å²) < 4.78 is 2.03. The van der Waals surface area contributed by atoms with Crippen molar-refractivity contribution in [3.05, 3.63) is 90.6 Å². The first kappa shape index (κ1) is 19.0. The second kappa shape index (κ2) is 7.66. The number of nitrogen functional groups attached to an aromatic ring is 1. The lowest BCUT2D eigenvalue weighted by atomic mass is 10.1. The average Bonchev–Trinajstić information content (AvgIpc) is 3.18. The molecule has 0 bridgehead atoms. The van der Waals surface area contributed by atoms with Crippen molar-refractivity contribution >= 4 is 17.0 Å². The van der Waals surface area contributed by atoms with Gasteiger partial charge in [0.1, 0.15) is 11.3 Å². The van der Waals surface area contributed by atoms with Gasteiger partial charge >= 0.3 is 0 Å². The van der Waals surface area contributed by atoms with Crippen LogP contribution in [0.4, 0.5) is 5.82 Å². The van der Waals surface area contributed by atoms with Gasteiger partial charge in [0, 0.05) is 23.5 Å². The smallest absolute Gasteiger partial charge is 0.165 e. The summed E-state index contributed by atoms with van der Waals surface area (Å²) >= 11 is 0. The summed E-state index contributed by atoms with van der Waals surface area (Å²) in [5.74, 6) is 1.13. The van der Waals surface area contributed by atoms with Gasteiger partial charge in [-0.25, -0.2) is 15.0 Å². The van der Waals surface area contributed by atoms with Crippen LogP contribution in [0.25, 0.3) is 39.5 Å². The summed E-state index contributed by atoms with van der Waals surface area (Å²) in [4.78, 5) is 14.1. The maximum Gasteiger partial charge on any atom is 0.165 e. The van der Waals surface area contributed by atoms with E-state index in [1.165, 1.54) is 0 Å². The van der Waals surface area contributed by atoms with E-state index in [1.807, 2.05) is 90.4 Å². The summed E-state index contributed by atoms with van der Waals surface area (Å²) in [6.45, 7) is 1.97. The molecular weight excluding hydrogens is 384 g/mol. The highest BCUT2D eigenvalue weighted by atomic mass is 15.1. The molecule has 0 amide bonds. The number of nitrogens with two attached hydrogens (primary N) is 2. The second-order valence-electron chi connectivity index (χ2n) is 7.49. The number of aromatic nitrogens is 4. The molecular formula is C25H22N6. The molecule has 31 heavy (non-hydrogen) atoms. The summed E-state index contributed by atoms with van der Waals surface area (Å²) in [5.41, 5.74) is 18.5. The molecule has 0 spiro atoms. The third-order valence-corrected chi connectivity index (χ3v) is 5.33. The number of benzene rings is 2. The molecule has 0 aliphatic heterocycles. The largest absolute Gasteiger partial charge is 0.383 e. The molecule has 0 saturated carbocycles. The van der Waals surface area contributed by atoms with Crippen LogP contribution in [0.1, 0.15) is 18.5 Å². The fourth-order valence-electron chi connectivity index (χ4n) is 3.69. The molecule has 6 heteroatoms. The number of fused-ring (bicyclic) bond motifs is 1. The number of pyridine rings is 2. The molecule has 3 heterocycles. The quantitative estimate of drug-likeness (QED) is 0.449. The highest BCUT2D eigenvalue weighted by molar-refractivity contribution is 5.84. The van der Waals surface area contributed by atoms with Crippen LogP contribution in [0.2, 0.25) is 0 Å². The Morgan fingerprint density at radius 3 is 2.32 bits per heavy atom. The molecule has 0 fully saturated rings. The molecule has 5 aromatic rings. The molecule has 2 aromatic carbocycles. The van der Waals surface area contributed by atoms with Gasteiger partial charge in [0.05, 0.1) is 11.3 Å². The number of anilines is 1. The van der Waals surface area contributed by atoms with Crippen LogP contribution in [0.5, 0.6) is 0 Å². The van der Waals surface area contributed by atoms with Crippen molar-refractivity contribution in [1.82, 2.24) is 19.5 Å². The van der Waals surface area contributed by atoms with Crippen molar-refractivity contribution < 1.29 is 0 Å². The van der Waals surface area contributed by atoms with Crippen molar-refractivity contribution in [2.75, 3.05) is 5.73 Å². The van der Waals surface area contributed by atoms with Crippen LogP contribution in [0.3, 0.4) is 0 Å². The van der Waals surface area contributed by atoms with Crippen molar-refractivity contribution in [1.29, 1.82) is 0 Å². The minimum Gasteiger partial charge on any atom is -0.383 e. The van der Waals surface area contributed by atoms with Crippen molar-refractivity contribution in [2.24, 2.45) is 5.73 Å². The Morgan fingerprint density at radius 2 is 1.61 bits per heavy atom. The molecule has 1 atom stereocenters. The Labute approximate surface area is 180 Å². The van der Waals surface area contributed by atoms with E-state index in [0.717, 1.165) is 39.2 Å². The van der Waals surface area contributed by atoms with Crippen LogP contribution in [0.15, 0.2) is 85.1 Å². The van der Waals surface area contributed by atoms with Crippen molar-refractivity contribution in [3.63, 3.8) is 0 Å². The minimum absolute atomic E-state index is 0.0372. The molecule has 4 N–H and O–H groups in total. The Kier molecular flexibility index (Phi) is 4.69. The predicted molar refractivity (Wildman–Crippen MR) is 125 cm³/mol. The first-order valence-corrected chi connectivity index (χ1v) is 10.1. The topological polar surface area (TPSA) is 95.6 Å². The zero-order chi connectivity index (χ0) is 21.4. The molecule has 0 radical (unpaired) electrons. The third-order valence-electron chi connectivity index (χ3n) is 5.33. The second-order valence-corrected chi connectivity index (χ2v) is 7.49. The van der Waals surface area contributed by atoms with Crippen LogP contribution in [-0.2, 0) is 0 Å². The van der Waals surface area contributed by atoms with Crippen LogP contribution in [0, 0.1) is 0 Å². The summed E-state index contributed by atoms with van der Waals surface area (Å²) in [6, 6.07) is 26.0. The summed E-state index contributed by atoms with van der Waals surface area (Å²) in [7, 11) is 0. The molecule has 6 nitrogen and oxygen atoms in total. The SMILES string of the molecule is C[C@H](N)c1ccc(-n2c(-c3cccnc3N)nc3ccc(-c4ccccc4)nc32)cc1. The molecule has 3 aromatic heterocycles. The zero-order valence-corrected chi connectivity index (χ0v) is 17.1. The van der Waals surface area contributed by atoms with Gasteiger partial charge in [-0.15, -0.1) is 0 Å². The Balaban J connectivity index is 1.78. The molecule has 0 unspecified atom stereocenters. The van der Waals surface area contributed by atoms with Gasteiger partial charge in [0.25, 0.3) is 0 Å². The van der Waals surface area contributed by atoms with Gasteiger partial charge in [0.15, 0.2) is 11.5 Å². The highest BCUT2D eigenvalue weighted by Crippen LogP contribution is 2.31. The van der Waals surface area contributed by atoms with E-state index in [0.29, 0.717) is 11.6 Å². The van der Waals surface area contributed by atoms with Crippen molar-refractivity contribution in [3.8, 4) is 28.3 Å². The lowest BCUT2D eigenvalue weighted by Gasteiger charge is -2.12. The number of hydrogen-bond acceptors (Lipinski definition) is 5. The standard InChI is InChI=1S/C25H22N6/c1-16(26)17-9-11-19(12-10-17)31-24(20-8-5-15-28-23(20)27)30-22-14-13-21(29-25(22)31)18-6-3-2-4-7-18/h2-16H,26H2,1H3,(H2,27,28)/t16-/m0/s1. The zero-order valence-electron chi connectivity index (χ0n) is 17.1. The maximum absolute atomic E-state index is 6.20. The summed E-state index contributed by atoms with van der Waals surface area (Å²) in [6.07, 6.45) is 1.68. The molecule has 0 saturated heterocycles. The lowest BCUT2D eigenvalue weighted by Crippen LogP contribution is -2.06. The van der Waals surface area contributed by atoms with E-state index >= 15 is 0 Å². The van der Waals surface area contributed by atoms with Crippen molar-refractivity contribution in [2.45, 2.75) is 13.0 Å². The van der Waals surface area contributed by atoms with Crippen LogP contribution in [-0.4, -0.2) is 19.5 Å². The first-order valence-electron chi connectivity index (χ1n) is 10.1. The van der Waals surface area contributed by atoms with E-state index in [4.69, 9.17) is 21.4 Å². The fourth-order valence-corrected chi connectivity index (χ4v) is 3.69. The van der Waals surface area contributed by atoms with Gasteiger partial charge in [-0.05, 0) is 48.9 Å². The predicted octanol–water partition coefficient (Wildman–Crippen LogP) is 4.75. The molecule has 0 aliphatic carbocycles. The van der Waals surface area contributed by atoms with E-state index in [-0.39, 0.29) is 6.04 Å². The Hall–Kier alpha value is -4.03. The number of nitrogens with zero attached hydrogens (tertiary/aromatic N) is 4. The van der Waals surface area contributed by atoms with Crippen LogP contribution < -0.4 is 11.5 Å². The Morgan fingerprint density at radius 1 is 0.839 bits per heavy atom. The van der Waals surface area contributed by atoms with Gasteiger partial charge < -0.3 is 11.5 Å². The van der Waals surface area contributed by atoms with E-state index in [9.17, 15) is 0 Å². The van der Waals surface area contributed by atoms with Gasteiger partial charge in [-0.3, -0.25) is 4.57 Å². The van der Waals surface area contributed by atoms with E-state index in [2.05, 4.69) is 4.98 Å². The highest BCUT2D eigenvalue weighted by Gasteiger charge is 2.18. The van der Waals surface area contributed by atoms with Gasteiger partial charge in [-0.1, -0.05) is 42.5 Å². The average molecular weight is 406 g/mol. The molecule has 152 valence electrons. The number of hydrogen-bond donors (Lipinski definition) is 2. The normalized spacial score (nSPS) is 12.2. The van der Waals surface area contributed by atoms with Gasteiger partial charge in [0.2, 0.25) is 0 Å². The maximum atomic E-state index is 6.20. The molecule has 5 rings (SSSR count). The van der Waals surface area contributed by atoms with Crippen LogP contribution >= 0.6 is 0 Å².